The number of carbonyl (C=O) groups is 2. The lowest BCUT2D eigenvalue weighted by molar-refractivity contribution is -0.190. The van der Waals surface area contributed by atoms with Gasteiger partial charge in [0.05, 0.1) is 12.0 Å². The van der Waals surface area contributed by atoms with Gasteiger partial charge in [0.25, 0.3) is 0 Å². The molecule has 6 rings (SSSR count). The average Bonchev–Trinajstić information content (AvgIpc) is 2.96. The maximum absolute atomic E-state index is 13.2. The van der Waals surface area contributed by atoms with E-state index in [1.54, 1.807) is 30.3 Å². The molecule has 0 unspecified atom stereocenters. The van der Waals surface area contributed by atoms with E-state index in [4.69, 9.17) is 4.74 Å². The van der Waals surface area contributed by atoms with E-state index in [0.29, 0.717) is 29.8 Å². The molecule has 4 saturated carbocycles. The van der Waals surface area contributed by atoms with E-state index < -0.39 is 11.4 Å². The van der Waals surface area contributed by atoms with E-state index in [9.17, 15) is 19.8 Å². The summed E-state index contributed by atoms with van der Waals surface area (Å²) in [7, 11) is 0. The molecule has 5 aliphatic carbocycles. The fourth-order valence-corrected chi connectivity index (χ4v) is 12.1. The van der Waals surface area contributed by atoms with Gasteiger partial charge in [-0.1, -0.05) is 71.7 Å². The Morgan fingerprint density at radius 3 is 2.36 bits per heavy atom. The Hall–Kier alpha value is -2.56. The lowest BCUT2D eigenvalue weighted by Gasteiger charge is -2.71. The van der Waals surface area contributed by atoms with Crippen LogP contribution in [-0.4, -0.2) is 28.8 Å². The average molecular weight is 603 g/mol. The van der Waals surface area contributed by atoms with Crippen LogP contribution in [-0.2, 0) is 14.3 Å². The van der Waals surface area contributed by atoms with E-state index in [2.05, 4.69) is 47.6 Å². The normalized spacial score (nSPS) is 42.7. The van der Waals surface area contributed by atoms with Crippen molar-refractivity contribution in [1.29, 1.82) is 0 Å². The Bertz CT molecular complexity index is 1360. The first-order valence-corrected chi connectivity index (χ1v) is 17.3. The van der Waals surface area contributed by atoms with Crippen LogP contribution >= 0.6 is 0 Å². The molecule has 9 atom stereocenters. The maximum Gasteiger partial charge on any atom is 0.330 e. The number of carbonyl (C=O) groups excluding carboxylic acids is 1. The second-order valence-corrected chi connectivity index (χ2v) is 16.8. The van der Waals surface area contributed by atoms with Crippen LogP contribution in [0, 0.1) is 56.7 Å². The number of carboxylic acids is 1. The quantitative estimate of drug-likeness (QED) is 0.200. The Balaban J connectivity index is 1.27. The van der Waals surface area contributed by atoms with Gasteiger partial charge in [0.1, 0.15) is 5.75 Å². The van der Waals surface area contributed by atoms with Crippen molar-refractivity contribution in [2.45, 2.75) is 106 Å². The highest BCUT2D eigenvalue weighted by atomic mass is 16.5. The summed E-state index contributed by atoms with van der Waals surface area (Å²) in [5.74, 6) is 0.732. The van der Waals surface area contributed by atoms with Gasteiger partial charge in [0.15, 0.2) is 0 Å². The number of carboxylic acid groups (broad SMARTS) is 1. The molecule has 0 aromatic heterocycles. The van der Waals surface area contributed by atoms with Gasteiger partial charge in [-0.05, 0) is 133 Å². The number of phenols is 1. The standard InChI is InChI=1S/C39H54O5/c1-25-27(24-44-32(41)15-10-26-8-11-28(40)12-9-26)16-21-39(34(42)43)23-22-37(5)29(33(25)39)13-14-31-36(4)19-7-18-35(2,3)30(36)17-20-38(31,37)6/h8-13,15,25,27,30-31,33,40H,7,14,16-24H2,1-6H3,(H,42,43)/b15-10+/t25-,27-,30-,31+,33-,36-,37+,38+,39-/m0/s1. The fraction of sp³-hybridized carbons (Fsp3) is 0.692. The number of hydrogen-bond donors (Lipinski definition) is 2. The van der Waals surface area contributed by atoms with Gasteiger partial charge < -0.3 is 14.9 Å². The van der Waals surface area contributed by atoms with Gasteiger partial charge in [-0.25, -0.2) is 4.79 Å². The maximum atomic E-state index is 13.2. The fourth-order valence-electron chi connectivity index (χ4n) is 12.1. The molecule has 5 aliphatic rings. The summed E-state index contributed by atoms with van der Waals surface area (Å²) in [5, 5.41) is 20.3. The van der Waals surface area contributed by atoms with E-state index in [-0.39, 0.29) is 40.3 Å². The summed E-state index contributed by atoms with van der Waals surface area (Å²) in [5.41, 5.74) is 2.33. The summed E-state index contributed by atoms with van der Waals surface area (Å²) in [6.45, 7) is 15.2. The molecule has 5 heteroatoms. The third kappa shape index (κ3) is 4.61. The smallest absolute Gasteiger partial charge is 0.330 e. The molecule has 0 saturated heterocycles. The molecule has 0 bridgehead atoms. The summed E-state index contributed by atoms with van der Waals surface area (Å²) in [6.07, 6.45) is 16.3. The Labute approximate surface area is 264 Å². The summed E-state index contributed by atoms with van der Waals surface area (Å²) in [6, 6.07) is 6.68. The molecular weight excluding hydrogens is 548 g/mol. The van der Waals surface area contributed by atoms with Gasteiger partial charge in [-0.15, -0.1) is 0 Å². The van der Waals surface area contributed by atoms with Crippen LogP contribution in [0.1, 0.15) is 111 Å². The van der Waals surface area contributed by atoms with Crippen molar-refractivity contribution in [2.24, 2.45) is 56.7 Å². The van der Waals surface area contributed by atoms with Crippen molar-refractivity contribution in [3.05, 3.63) is 47.6 Å². The van der Waals surface area contributed by atoms with Gasteiger partial charge in [-0.3, -0.25) is 4.79 Å². The highest BCUT2D eigenvalue weighted by molar-refractivity contribution is 5.87. The van der Waals surface area contributed by atoms with Crippen molar-refractivity contribution >= 4 is 18.0 Å². The van der Waals surface area contributed by atoms with E-state index in [0.717, 1.165) is 37.2 Å². The zero-order valence-electron chi connectivity index (χ0n) is 27.8. The zero-order valence-corrected chi connectivity index (χ0v) is 27.8. The largest absolute Gasteiger partial charge is 0.508 e. The lowest BCUT2D eigenvalue weighted by atomic mass is 9.33. The first-order valence-electron chi connectivity index (χ1n) is 17.3. The van der Waals surface area contributed by atoms with Crippen molar-refractivity contribution in [3.63, 3.8) is 0 Å². The van der Waals surface area contributed by atoms with E-state index in [1.165, 1.54) is 43.8 Å². The monoisotopic (exact) mass is 602 g/mol. The van der Waals surface area contributed by atoms with Gasteiger partial charge >= 0.3 is 11.9 Å². The molecule has 0 spiro atoms. The Kier molecular flexibility index (Phi) is 7.69. The topological polar surface area (TPSA) is 83.8 Å². The van der Waals surface area contributed by atoms with Crippen LogP contribution in [0.15, 0.2) is 42.0 Å². The zero-order chi connectivity index (χ0) is 31.7. The molecule has 0 aliphatic heterocycles. The molecule has 44 heavy (non-hydrogen) atoms. The molecule has 240 valence electrons. The molecule has 0 heterocycles. The van der Waals surface area contributed by atoms with Crippen LogP contribution < -0.4 is 0 Å². The highest BCUT2D eigenvalue weighted by Crippen LogP contribution is 2.75. The van der Waals surface area contributed by atoms with Crippen LogP contribution in [0.5, 0.6) is 5.75 Å². The number of rotatable bonds is 5. The van der Waals surface area contributed by atoms with Crippen molar-refractivity contribution < 1.29 is 24.5 Å². The first kappa shape index (κ1) is 31.4. The predicted molar refractivity (Wildman–Crippen MR) is 174 cm³/mol. The summed E-state index contributed by atoms with van der Waals surface area (Å²) in [4.78, 5) is 25.9. The molecule has 1 aromatic carbocycles. The molecular formula is C39H54O5. The number of fused-ring (bicyclic) bond motifs is 7. The van der Waals surface area contributed by atoms with Crippen LogP contribution in [0.3, 0.4) is 0 Å². The summed E-state index contributed by atoms with van der Waals surface area (Å²) >= 11 is 0. The van der Waals surface area contributed by atoms with Gasteiger partial charge in [-0.2, -0.15) is 0 Å². The van der Waals surface area contributed by atoms with Crippen LogP contribution in [0.25, 0.3) is 6.08 Å². The summed E-state index contributed by atoms with van der Waals surface area (Å²) < 4.78 is 5.79. The molecule has 0 amide bonds. The van der Waals surface area contributed by atoms with E-state index in [1.807, 2.05) is 0 Å². The highest BCUT2D eigenvalue weighted by Gasteiger charge is 2.69. The number of hydrogen-bond acceptors (Lipinski definition) is 4. The third-order valence-electron chi connectivity index (χ3n) is 14.7. The van der Waals surface area contributed by atoms with E-state index >= 15 is 0 Å². The van der Waals surface area contributed by atoms with Crippen molar-refractivity contribution in [2.75, 3.05) is 6.61 Å². The van der Waals surface area contributed by atoms with Gasteiger partial charge in [0.2, 0.25) is 0 Å². The number of ether oxygens (including phenoxy) is 1. The minimum absolute atomic E-state index is 0.0191. The number of benzene rings is 1. The molecule has 2 N–H and O–H groups in total. The van der Waals surface area contributed by atoms with Gasteiger partial charge in [0, 0.05) is 6.08 Å². The molecule has 0 radical (unpaired) electrons. The van der Waals surface area contributed by atoms with Crippen LogP contribution in [0.2, 0.25) is 0 Å². The second kappa shape index (κ2) is 10.8. The second-order valence-electron chi connectivity index (χ2n) is 16.8. The first-order chi connectivity index (χ1) is 20.7. The van der Waals surface area contributed by atoms with Crippen molar-refractivity contribution in [3.8, 4) is 5.75 Å². The molecule has 4 fully saturated rings. The third-order valence-corrected chi connectivity index (χ3v) is 14.7. The molecule has 5 nitrogen and oxygen atoms in total. The number of allylic oxidation sites excluding steroid dienone is 2. The molecule has 1 aromatic rings. The minimum Gasteiger partial charge on any atom is -0.508 e. The predicted octanol–water partition coefficient (Wildman–Crippen LogP) is 9.06. The Morgan fingerprint density at radius 2 is 1.66 bits per heavy atom. The minimum atomic E-state index is -0.735. The number of esters is 1. The number of aliphatic carboxylic acids is 1. The Morgan fingerprint density at radius 1 is 0.932 bits per heavy atom. The lowest BCUT2D eigenvalue weighted by Crippen LogP contribution is -2.64. The SMILES string of the molecule is C[C@H]1[C@H](COC(=O)/C=C/c2ccc(O)cc2)CC[C@]2(C(=O)O)CC[C@]3(C)C(=CC[C@@H]4[C@@]5(C)CCCC(C)(C)[C@@H]5CC[C@]43C)[C@H]12. The number of phenolic OH excluding ortho intramolecular Hbond substituents is 1. The number of aromatic hydroxyl groups is 1. The van der Waals surface area contributed by atoms with Crippen LogP contribution in [0.4, 0.5) is 0 Å². The van der Waals surface area contributed by atoms with Crippen molar-refractivity contribution in [1.82, 2.24) is 0 Å².